The molecule has 1 aromatic carbocycles. The number of aliphatic carboxylic acids is 2. The molecule has 2 heterocycles. The monoisotopic (exact) mass is 619 g/mol. The molecule has 12 nitrogen and oxygen atoms in total. The Labute approximate surface area is 257 Å². The first-order valence-electron chi connectivity index (χ1n) is 14.9. The number of carboxylic acids is 2. The summed E-state index contributed by atoms with van der Waals surface area (Å²) in [6.07, 6.45) is 3.49. The van der Waals surface area contributed by atoms with Gasteiger partial charge in [0.1, 0.15) is 11.5 Å². The molecule has 0 bridgehead atoms. The number of carbonyl (C=O) groups is 3. The SMILES string of the molecule is COCCCCc1c(C(=O)N(CC(C)C)[C@@H]2CNC[C@H](C(O)C(C)C)C2)nnn1-c1ccccc1F.O=C(O)C=CC(=O)O. The van der Waals surface area contributed by atoms with Gasteiger partial charge >= 0.3 is 11.9 Å². The number of piperidine rings is 1. The van der Waals surface area contributed by atoms with Gasteiger partial charge in [-0.05, 0) is 55.6 Å². The number of nitrogens with zero attached hydrogens (tertiary/aromatic N) is 4. The summed E-state index contributed by atoms with van der Waals surface area (Å²) in [5.41, 5.74) is 1.15. The lowest BCUT2D eigenvalue weighted by molar-refractivity contribution is -0.134. The molecule has 1 aromatic heterocycles. The van der Waals surface area contributed by atoms with E-state index < -0.39 is 23.9 Å². The number of rotatable bonds is 14. The quantitative estimate of drug-likeness (QED) is 0.182. The van der Waals surface area contributed by atoms with Crippen LogP contribution in [0.15, 0.2) is 36.4 Å². The second-order valence-electron chi connectivity index (χ2n) is 11.6. The summed E-state index contributed by atoms with van der Waals surface area (Å²) in [5.74, 6) is -2.67. The molecule has 13 heteroatoms. The maximum Gasteiger partial charge on any atom is 0.328 e. The third-order valence-electron chi connectivity index (χ3n) is 7.22. The second-order valence-corrected chi connectivity index (χ2v) is 11.6. The standard InChI is InChI=1S/C27H42FN5O3.C4H4O4/c1-18(2)17-32(21-14-20(15-29-16-21)26(34)19(3)4)27(35)25-24(12-8-9-13-36-5)33(31-30-25)23-11-7-6-10-22(23)28;5-3(6)1-2-4(7)8/h6-7,10-11,18-21,26,29,34H,8-9,12-17H2,1-5H3;1-2H,(H,5,6)(H,7,8)/t20-,21+,26?;/m1./s1. The van der Waals surface area contributed by atoms with Gasteiger partial charge in [-0.25, -0.2) is 18.7 Å². The molecule has 44 heavy (non-hydrogen) atoms. The average molecular weight is 620 g/mol. The Hall–Kier alpha value is -3.68. The summed E-state index contributed by atoms with van der Waals surface area (Å²) in [5, 5.41) is 38.3. The number of benzene rings is 1. The first-order chi connectivity index (χ1) is 20.9. The van der Waals surface area contributed by atoms with Crippen LogP contribution in [0.2, 0.25) is 0 Å². The molecule has 2 aromatic rings. The van der Waals surface area contributed by atoms with Gasteiger partial charge in [0.15, 0.2) is 5.69 Å². The Morgan fingerprint density at radius 2 is 1.77 bits per heavy atom. The zero-order valence-electron chi connectivity index (χ0n) is 26.1. The fourth-order valence-electron chi connectivity index (χ4n) is 5.11. The van der Waals surface area contributed by atoms with Gasteiger partial charge in [-0.15, -0.1) is 5.10 Å². The third-order valence-corrected chi connectivity index (χ3v) is 7.22. The van der Waals surface area contributed by atoms with E-state index in [-0.39, 0.29) is 41.1 Å². The van der Waals surface area contributed by atoms with Crippen molar-refractivity contribution in [2.24, 2.45) is 17.8 Å². The number of unbranched alkanes of at least 4 members (excludes halogenated alkanes) is 1. The number of halogens is 1. The van der Waals surface area contributed by atoms with Gasteiger partial charge in [0, 0.05) is 51.5 Å². The molecule has 1 saturated heterocycles. The topological polar surface area (TPSA) is 167 Å². The number of hydrogen-bond donors (Lipinski definition) is 4. The van der Waals surface area contributed by atoms with Gasteiger partial charge in [-0.3, -0.25) is 4.79 Å². The van der Waals surface area contributed by atoms with E-state index in [1.165, 1.54) is 10.7 Å². The van der Waals surface area contributed by atoms with Crippen molar-refractivity contribution in [2.45, 2.75) is 65.5 Å². The van der Waals surface area contributed by atoms with Gasteiger partial charge in [-0.1, -0.05) is 45.0 Å². The van der Waals surface area contributed by atoms with Crippen LogP contribution in [-0.4, -0.2) is 98.6 Å². The number of aliphatic hydroxyl groups excluding tert-OH is 1. The van der Waals surface area contributed by atoms with Crippen LogP contribution in [0.1, 0.15) is 63.1 Å². The van der Waals surface area contributed by atoms with Crippen LogP contribution in [0, 0.1) is 23.6 Å². The second kappa shape index (κ2) is 18.2. The largest absolute Gasteiger partial charge is 0.478 e. The molecule has 1 amide bonds. The highest BCUT2D eigenvalue weighted by molar-refractivity contribution is 5.93. The van der Waals surface area contributed by atoms with E-state index in [0.29, 0.717) is 44.0 Å². The highest BCUT2D eigenvalue weighted by atomic mass is 19.1. The van der Waals surface area contributed by atoms with Crippen LogP contribution in [-0.2, 0) is 20.7 Å². The molecule has 1 aliphatic heterocycles. The van der Waals surface area contributed by atoms with Crippen molar-refractivity contribution in [1.82, 2.24) is 25.2 Å². The predicted molar refractivity (Wildman–Crippen MR) is 162 cm³/mol. The maximum atomic E-state index is 14.7. The average Bonchev–Trinajstić information content (AvgIpc) is 3.40. The first-order valence-corrected chi connectivity index (χ1v) is 14.9. The molecular formula is C31H46FN5O7. The number of nitrogens with one attached hydrogen (secondary N) is 1. The summed E-state index contributed by atoms with van der Waals surface area (Å²) in [6, 6.07) is 6.32. The number of carboxylic acid groups (broad SMARTS) is 2. The molecule has 0 saturated carbocycles. The van der Waals surface area contributed by atoms with Crippen molar-refractivity contribution in [2.75, 3.05) is 33.4 Å². The van der Waals surface area contributed by atoms with Crippen LogP contribution in [0.25, 0.3) is 5.69 Å². The smallest absolute Gasteiger partial charge is 0.328 e. The van der Waals surface area contributed by atoms with E-state index in [1.807, 2.05) is 18.7 Å². The minimum absolute atomic E-state index is 0.0637. The van der Waals surface area contributed by atoms with Crippen LogP contribution >= 0.6 is 0 Å². The molecule has 4 N–H and O–H groups in total. The first kappa shape index (κ1) is 36.5. The van der Waals surface area contributed by atoms with Crippen LogP contribution in [0.5, 0.6) is 0 Å². The summed E-state index contributed by atoms with van der Waals surface area (Å²) < 4.78 is 21.3. The molecule has 1 fully saturated rings. The number of hydrogen-bond acceptors (Lipinski definition) is 8. The van der Waals surface area contributed by atoms with Gasteiger partial charge in [0.25, 0.3) is 5.91 Å². The fraction of sp³-hybridized carbons (Fsp3) is 0.581. The number of ether oxygens (including phenoxy) is 1. The minimum atomic E-state index is -1.26. The van der Waals surface area contributed by atoms with Gasteiger partial charge in [-0.2, -0.15) is 0 Å². The molecule has 3 atom stereocenters. The van der Waals surface area contributed by atoms with E-state index in [9.17, 15) is 23.9 Å². The van der Waals surface area contributed by atoms with E-state index in [1.54, 1.807) is 25.3 Å². The van der Waals surface area contributed by atoms with Gasteiger partial charge in [0.05, 0.1) is 11.8 Å². The Balaban J connectivity index is 0.000000742. The Kier molecular flexibility index (Phi) is 15.1. The number of para-hydroxylation sites is 1. The highest BCUT2D eigenvalue weighted by Crippen LogP contribution is 2.26. The third kappa shape index (κ3) is 11.1. The van der Waals surface area contributed by atoms with E-state index >= 15 is 0 Å². The lowest BCUT2D eigenvalue weighted by Crippen LogP contribution is -2.54. The predicted octanol–water partition coefficient (Wildman–Crippen LogP) is 3.18. The van der Waals surface area contributed by atoms with E-state index in [2.05, 4.69) is 29.5 Å². The molecule has 244 valence electrons. The zero-order valence-corrected chi connectivity index (χ0v) is 26.1. The number of methoxy groups -OCH3 is 1. The zero-order chi connectivity index (χ0) is 32.8. The molecule has 0 aliphatic carbocycles. The van der Waals surface area contributed by atoms with Gasteiger partial charge in [0.2, 0.25) is 0 Å². The Morgan fingerprint density at radius 1 is 1.11 bits per heavy atom. The lowest BCUT2D eigenvalue weighted by Gasteiger charge is -2.40. The van der Waals surface area contributed by atoms with Crippen LogP contribution in [0.4, 0.5) is 4.39 Å². The van der Waals surface area contributed by atoms with Crippen molar-refractivity contribution in [3.8, 4) is 5.69 Å². The van der Waals surface area contributed by atoms with Crippen molar-refractivity contribution >= 4 is 17.8 Å². The summed E-state index contributed by atoms with van der Waals surface area (Å²) >= 11 is 0. The number of aliphatic hydroxyl groups is 1. The summed E-state index contributed by atoms with van der Waals surface area (Å²) in [7, 11) is 1.66. The molecule has 1 aliphatic rings. The van der Waals surface area contributed by atoms with Crippen molar-refractivity contribution in [3.63, 3.8) is 0 Å². The fourth-order valence-corrected chi connectivity index (χ4v) is 5.11. The van der Waals surface area contributed by atoms with Crippen LogP contribution < -0.4 is 5.32 Å². The van der Waals surface area contributed by atoms with Gasteiger partial charge < -0.3 is 30.3 Å². The number of amides is 1. The van der Waals surface area contributed by atoms with E-state index in [0.717, 1.165) is 25.8 Å². The maximum absolute atomic E-state index is 14.7. The molecule has 0 spiro atoms. The molecule has 1 unspecified atom stereocenters. The van der Waals surface area contributed by atoms with Crippen molar-refractivity contribution < 1.29 is 38.8 Å². The van der Waals surface area contributed by atoms with Crippen molar-refractivity contribution in [3.05, 3.63) is 53.6 Å². The van der Waals surface area contributed by atoms with Crippen LogP contribution in [0.3, 0.4) is 0 Å². The molecule has 0 radical (unpaired) electrons. The lowest BCUT2D eigenvalue weighted by atomic mass is 9.85. The number of carbonyl (C=O) groups excluding carboxylic acids is 1. The highest BCUT2D eigenvalue weighted by Gasteiger charge is 2.36. The summed E-state index contributed by atoms with van der Waals surface area (Å²) in [6.45, 7) is 10.8. The van der Waals surface area contributed by atoms with E-state index in [4.69, 9.17) is 14.9 Å². The van der Waals surface area contributed by atoms with Crippen molar-refractivity contribution in [1.29, 1.82) is 0 Å². The number of aromatic nitrogens is 3. The minimum Gasteiger partial charge on any atom is -0.478 e. The normalized spacial score (nSPS) is 17.4. The Morgan fingerprint density at radius 3 is 2.34 bits per heavy atom. The summed E-state index contributed by atoms with van der Waals surface area (Å²) in [4.78, 5) is 35.0. The molecular weight excluding hydrogens is 573 g/mol. The Bertz CT molecular complexity index is 1230. The molecule has 3 rings (SSSR count).